The standard InChI is InChI=1S/C42H38N2O2/c1-41(2,3)29-19-17-26(18-20-29)31-21-22-43-38-34(24-30(25-35(31)38)42(4,5)6)28-12-9-11-27(23-28)32-14-10-16-37-39(32)44-40(46-37)33-13-7-8-15-36(33)45/h7-25,45H,1-6H3. The summed E-state index contributed by atoms with van der Waals surface area (Å²) < 4.78 is 6.12. The first-order valence-electron chi connectivity index (χ1n) is 15.8. The SMILES string of the molecule is CC(C)(C)c1ccc(-c2ccnc3c(-c4cccc(-c5cccc6oc(-c7ccccc7O)nc56)c4)cc(C(C)(C)C)cc23)cc1. The number of para-hydroxylation sites is 2. The summed E-state index contributed by atoms with van der Waals surface area (Å²) in [6, 6.07) is 37.4. The first-order chi connectivity index (χ1) is 22.0. The molecule has 0 saturated carbocycles. The molecule has 228 valence electrons. The van der Waals surface area contributed by atoms with Crippen LogP contribution in [0.1, 0.15) is 52.7 Å². The zero-order valence-electron chi connectivity index (χ0n) is 27.2. The van der Waals surface area contributed by atoms with Crippen molar-refractivity contribution in [2.45, 2.75) is 52.4 Å². The summed E-state index contributed by atoms with van der Waals surface area (Å²) in [6.07, 6.45) is 1.93. The van der Waals surface area contributed by atoms with E-state index in [1.807, 2.05) is 30.5 Å². The Kier molecular flexibility index (Phi) is 7.05. The van der Waals surface area contributed by atoms with E-state index in [2.05, 4.69) is 114 Å². The molecule has 0 radical (unpaired) electrons. The van der Waals surface area contributed by atoms with Gasteiger partial charge in [0, 0.05) is 22.7 Å². The fourth-order valence-electron chi connectivity index (χ4n) is 6.12. The van der Waals surface area contributed by atoms with Crippen LogP contribution in [0.4, 0.5) is 0 Å². The molecule has 4 nitrogen and oxygen atoms in total. The summed E-state index contributed by atoms with van der Waals surface area (Å²) in [4.78, 5) is 9.82. The molecule has 1 N–H and O–H groups in total. The highest BCUT2D eigenvalue weighted by atomic mass is 16.3. The molecule has 7 aromatic rings. The van der Waals surface area contributed by atoms with E-state index in [1.54, 1.807) is 12.1 Å². The van der Waals surface area contributed by atoms with Gasteiger partial charge < -0.3 is 9.52 Å². The van der Waals surface area contributed by atoms with Crippen LogP contribution in [0, 0.1) is 0 Å². The van der Waals surface area contributed by atoms with Crippen molar-refractivity contribution < 1.29 is 9.52 Å². The second-order valence-electron chi connectivity index (χ2n) is 14.1. The summed E-state index contributed by atoms with van der Waals surface area (Å²) in [6.45, 7) is 13.5. The molecule has 0 saturated heterocycles. The van der Waals surface area contributed by atoms with Crippen LogP contribution in [0.15, 0.2) is 120 Å². The zero-order chi connectivity index (χ0) is 32.2. The summed E-state index contributed by atoms with van der Waals surface area (Å²) in [5, 5.41) is 11.6. The number of phenols is 1. The lowest BCUT2D eigenvalue weighted by molar-refractivity contribution is 0.474. The Morgan fingerprint density at radius 2 is 1.22 bits per heavy atom. The maximum atomic E-state index is 10.4. The van der Waals surface area contributed by atoms with Crippen LogP contribution in [0.25, 0.3) is 66.8 Å². The maximum absolute atomic E-state index is 10.4. The lowest BCUT2D eigenvalue weighted by atomic mass is 9.82. The van der Waals surface area contributed by atoms with Crippen molar-refractivity contribution in [1.29, 1.82) is 0 Å². The average molecular weight is 603 g/mol. The van der Waals surface area contributed by atoms with Crippen molar-refractivity contribution in [3.8, 4) is 50.6 Å². The van der Waals surface area contributed by atoms with E-state index in [0.717, 1.165) is 38.7 Å². The van der Waals surface area contributed by atoms with Gasteiger partial charge in [0.15, 0.2) is 5.58 Å². The molecular weight excluding hydrogens is 564 g/mol. The van der Waals surface area contributed by atoms with E-state index in [9.17, 15) is 5.11 Å². The molecule has 5 aromatic carbocycles. The number of hydrogen-bond donors (Lipinski definition) is 1. The molecule has 2 aromatic heterocycles. The van der Waals surface area contributed by atoms with E-state index in [1.165, 1.54) is 22.3 Å². The minimum atomic E-state index is -0.0601. The second kappa shape index (κ2) is 11.0. The number of pyridine rings is 1. The molecule has 0 unspecified atom stereocenters. The fourth-order valence-corrected chi connectivity index (χ4v) is 6.12. The van der Waals surface area contributed by atoms with Gasteiger partial charge in [0.1, 0.15) is 11.3 Å². The predicted molar refractivity (Wildman–Crippen MR) is 190 cm³/mol. The molecule has 0 spiro atoms. The number of oxazole rings is 1. The highest BCUT2D eigenvalue weighted by Crippen LogP contribution is 2.40. The number of aromatic hydroxyl groups is 1. The minimum absolute atomic E-state index is 0.0601. The van der Waals surface area contributed by atoms with Crippen molar-refractivity contribution in [3.63, 3.8) is 0 Å². The third kappa shape index (κ3) is 5.34. The van der Waals surface area contributed by atoms with Gasteiger partial charge in [0.2, 0.25) is 5.89 Å². The number of benzene rings is 5. The Balaban J connectivity index is 1.39. The average Bonchev–Trinajstić information content (AvgIpc) is 3.48. The molecular formula is C42H38N2O2. The van der Waals surface area contributed by atoms with E-state index in [0.29, 0.717) is 17.0 Å². The third-order valence-electron chi connectivity index (χ3n) is 8.81. The minimum Gasteiger partial charge on any atom is -0.507 e. The molecule has 0 amide bonds. The number of phenolic OH excluding ortho intramolecular Hbond substituents is 1. The molecule has 0 bridgehead atoms. The Labute approximate surface area is 270 Å². The first kappa shape index (κ1) is 29.5. The number of hydrogen-bond acceptors (Lipinski definition) is 4. The predicted octanol–water partition coefficient (Wildman–Crippen LogP) is 11.3. The van der Waals surface area contributed by atoms with Crippen LogP contribution in [0.5, 0.6) is 5.75 Å². The van der Waals surface area contributed by atoms with E-state index >= 15 is 0 Å². The molecule has 4 heteroatoms. The van der Waals surface area contributed by atoms with Gasteiger partial charge in [-0.05, 0) is 86.7 Å². The molecule has 0 aliphatic carbocycles. The number of rotatable bonds is 4. The number of nitrogens with zero attached hydrogens (tertiary/aromatic N) is 2. The third-order valence-corrected chi connectivity index (χ3v) is 8.81. The van der Waals surface area contributed by atoms with Crippen LogP contribution < -0.4 is 0 Å². The summed E-state index contributed by atoms with van der Waals surface area (Å²) in [5.41, 5.74) is 12.1. The van der Waals surface area contributed by atoms with Crippen molar-refractivity contribution in [2.75, 3.05) is 0 Å². The van der Waals surface area contributed by atoms with Crippen molar-refractivity contribution in [1.82, 2.24) is 9.97 Å². The smallest absolute Gasteiger partial charge is 0.231 e. The van der Waals surface area contributed by atoms with Crippen LogP contribution in [0.3, 0.4) is 0 Å². The highest BCUT2D eigenvalue weighted by Gasteiger charge is 2.21. The molecule has 46 heavy (non-hydrogen) atoms. The van der Waals surface area contributed by atoms with Crippen LogP contribution in [-0.4, -0.2) is 15.1 Å². The fraction of sp³-hybridized carbons (Fsp3) is 0.190. The van der Waals surface area contributed by atoms with Gasteiger partial charge in [0.25, 0.3) is 0 Å². The van der Waals surface area contributed by atoms with Gasteiger partial charge >= 0.3 is 0 Å². The summed E-state index contributed by atoms with van der Waals surface area (Å²) >= 11 is 0. The molecule has 0 atom stereocenters. The van der Waals surface area contributed by atoms with Crippen molar-refractivity contribution in [2.24, 2.45) is 0 Å². The van der Waals surface area contributed by atoms with Gasteiger partial charge in [-0.15, -0.1) is 0 Å². The topological polar surface area (TPSA) is 59.2 Å². The van der Waals surface area contributed by atoms with E-state index < -0.39 is 0 Å². The zero-order valence-corrected chi connectivity index (χ0v) is 27.2. The van der Waals surface area contributed by atoms with Crippen LogP contribution in [0.2, 0.25) is 0 Å². The Hall–Kier alpha value is -5.22. The van der Waals surface area contributed by atoms with Gasteiger partial charge in [-0.2, -0.15) is 0 Å². The van der Waals surface area contributed by atoms with E-state index in [4.69, 9.17) is 14.4 Å². The molecule has 7 rings (SSSR count). The Morgan fingerprint density at radius 1 is 0.543 bits per heavy atom. The lowest BCUT2D eigenvalue weighted by Crippen LogP contribution is -2.11. The van der Waals surface area contributed by atoms with Gasteiger partial charge in [-0.25, -0.2) is 4.98 Å². The first-order valence-corrected chi connectivity index (χ1v) is 15.8. The van der Waals surface area contributed by atoms with Crippen LogP contribution >= 0.6 is 0 Å². The maximum Gasteiger partial charge on any atom is 0.231 e. The summed E-state index contributed by atoms with van der Waals surface area (Å²) in [5.74, 6) is 0.535. The normalized spacial score (nSPS) is 12.2. The second-order valence-corrected chi connectivity index (χ2v) is 14.1. The summed E-state index contributed by atoms with van der Waals surface area (Å²) in [7, 11) is 0. The molecule has 2 heterocycles. The molecule has 0 aliphatic rings. The quantitative estimate of drug-likeness (QED) is 0.218. The lowest BCUT2D eigenvalue weighted by Gasteiger charge is -2.23. The Bertz CT molecular complexity index is 2230. The van der Waals surface area contributed by atoms with Gasteiger partial charge in [0.05, 0.1) is 11.1 Å². The van der Waals surface area contributed by atoms with Gasteiger partial charge in [-0.3, -0.25) is 4.98 Å². The number of fused-ring (bicyclic) bond motifs is 2. The molecule has 0 fully saturated rings. The number of aromatic nitrogens is 2. The van der Waals surface area contributed by atoms with Crippen molar-refractivity contribution in [3.05, 3.63) is 127 Å². The Morgan fingerprint density at radius 3 is 1.93 bits per heavy atom. The highest BCUT2D eigenvalue weighted by molar-refractivity contribution is 6.03. The van der Waals surface area contributed by atoms with Crippen LogP contribution in [-0.2, 0) is 10.8 Å². The monoisotopic (exact) mass is 602 g/mol. The van der Waals surface area contributed by atoms with Gasteiger partial charge in [-0.1, -0.05) is 108 Å². The molecule has 0 aliphatic heterocycles. The van der Waals surface area contributed by atoms with E-state index in [-0.39, 0.29) is 16.6 Å². The van der Waals surface area contributed by atoms with Crippen molar-refractivity contribution >= 4 is 22.0 Å². The largest absolute Gasteiger partial charge is 0.507 e.